The van der Waals surface area contributed by atoms with E-state index in [-0.39, 0.29) is 5.46 Å². The van der Waals surface area contributed by atoms with Gasteiger partial charge in [0.15, 0.2) is 0 Å². The lowest BCUT2D eigenvalue weighted by Gasteiger charge is -2.35. The van der Waals surface area contributed by atoms with Crippen LogP contribution in [0.4, 0.5) is 4.39 Å². The fraction of sp³-hybridized carbons (Fsp3) is 0.571. The second-order valence-corrected chi connectivity index (χ2v) is 5.74. The van der Waals surface area contributed by atoms with Crippen molar-refractivity contribution in [3.8, 4) is 0 Å². The number of rotatable bonds is 4. The van der Waals surface area contributed by atoms with Gasteiger partial charge >= 0.3 is 7.12 Å². The van der Waals surface area contributed by atoms with Crippen molar-refractivity contribution in [3.63, 3.8) is 0 Å². The van der Waals surface area contributed by atoms with Crippen molar-refractivity contribution in [1.29, 1.82) is 0 Å². The molecule has 2 rings (SSSR count). The number of hydrogen-bond donors (Lipinski definition) is 2. The summed E-state index contributed by atoms with van der Waals surface area (Å²) in [5.41, 5.74) is 1.000. The van der Waals surface area contributed by atoms with Crippen LogP contribution in [0, 0.1) is 5.82 Å². The molecule has 0 amide bonds. The summed E-state index contributed by atoms with van der Waals surface area (Å²) >= 11 is 0. The minimum absolute atomic E-state index is 0.211. The Bertz CT molecular complexity index is 449. The van der Waals surface area contributed by atoms with Gasteiger partial charge < -0.3 is 14.9 Å². The second kappa shape index (κ2) is 6.67. The molecule has 1 aromatic rings. The highest BCUT2D eigenvalue weighted by atomic mass is 19.1. The maximum Gasteiger partial charge on any atom is 0.488 e. The van der Waals surface area contributed by atoms with Gasteiger partial charge in [-0.15, -0.1) is 0 Å². The number of hydrogen-bond acceptors (Lipinski definition) is 4. The average Bonchev–Trinajstić information content (AvgIpc) is 2.38. The van der Waals surface area contributed by atoms with Crippen molar-refractivity contribution >= 4 is 12.6 Å². The molecule has 2 N–H and O–H groups in total. The number of nitrogens with zero attached hydrogens (tertiary/aromatic N) is 2. The third-order valence-corrected chi connectivity index (χ3v) is 3.97. The Morgan fingerprint density at radius 2 is 1.90 bits per heavy atom. The molecule has 4 nitrogen and oxygen atoms in total. The number of benzene rings is 1. The number of halogens is 1. The summed E-state index contributed by atoms with van der Waals surface area (Å²) in [5, 5.41) is 18.3. The molecule has 0 spiro atoms. The predicted molar refractivity (Wildman–Crippen MR) is 78.2 cm³/mol. The first-order valence-corrected chi connectivity index (χ1v) is 7.00. The predicted octanol–water partition coefficient (Wildman–Crippen LogP) is 0.0315. The lowest BCUT2D eigenvalue weighted by molar-refractivity contribution is 0.140. The molecule has 0 atom stereocenters. The van der Waals surface area contributed by atoms with Crippen molar-refractivity contribution in [2.45, 2.75) is 25.4 Å². The Balaban J connectivity index is 1.97. The molecule has 1 heterocycles. The quantitative estimate of drug-likeness (QED) is 0.764. The molecule has 1 fully saturated rings. The van der Waals surface area contributed by atoms with E-state index in [9.17, 15) is 4.39 Å². The van der Waals surface area contributed by atoms with E-state index in [0.717, 1.165) is 37.6 Å². The van der Waals surface area contributed by atoms with Gasteiger partial charge in [-0.1, -0.05) is 6.07 Å². The normalized spacial score (nSPS) is 17.7. The lowest BCUT2D eigenvalue weighted by Crippen LogP contribution is -2.41. The van der Waals surface area contributed by atoms with E-state index in [4.69, 9.17) is 10.0 Å². The molecule has 1 aliphatic heterocycles. The largest absolute Gasteiger partial charge is 0.488 e. The van der Waals surface area contributed by atoms with E-state index in [1.807, 2.05) is 0 Å². The summed E-state index contributed by atoms with van der Waals surface area (Å²) < 4.78 is 13.5. The van der Waals surface area contributed by atoms with Crippen LogP contribution >= 0.6 is 0 Å². The van der Waals surface area contributed by atoms with Gasteiger partial charge in [-0.05, 0) is 63.2 Å². The highest BCUT2D eigenvalue weighted by Gasteiger charge is 2.21. The zero-order valence-electron chi connectivity index (χ0n) is 12.1. The molecule has 0 aliphatic carbocycles. The van der Waals surface area contributed by atoms with Gasteiger partial charge in [0, 0.05) is 12.6 Å². The Morgan fingerprint density at radius 3 is 2.45 bits per heavy atom. The van der Waals surface area contributed by atoms with Gasteiger partial charge in [0.05, 0.1) is 0 Å². The van der Waals surface area contributed by atoms with Crippen LogP contribution in [-0.4, -0.2) is 60.2 Å². The summed E-state index contributed by atoms with van der Waals surface area (Å²) in [6.07, 6.45) is 2.22. The lowest BCUT2D eigenvalue weighted by atomic mass is 9.79. The molecule has 1 saturated heterocycles. The zero-order chi connectivity index (χ0) is 14.7. The Labute approximate surface area is 120 Å². The molecule has 20 heavy (non-hydrogen) atoms. The van der Waals surface area contributed by atoms with Gasteiger partial charge in [0.25, 0.3) is 0 Å². The maximum atomic E-state index is 13.5. The molecular formula is C14H22BFN2O2. The molecule has 0 bridgehead atoms. The molecule has 1 aromatic carbocycles. The van der Waals surface area contributed by atoms with E-state index in [0.29, 0.717) is 12.6 Å². The Morgan fingerprint density at radius 1 is 1.25 bits per heavy atom. The molecule has 0 aromatic heterocycles. The van der Waals surface area contributed by atoms with Gasteiger partial charge in [0.1, 0.15) is 5.82 Å². The summed E-state index contributed by atoms with van der Waals surface area (Å²) in [4.78, 5) is 4.53. The summed E-state index contributed by atoms with van der Waals surface area (Å²) in [6, 6.07) is 4.90. The van der Waals surface area contributed by atoms with Crippen molar-refractivity contribution in [3.05, 3.63) is 29.6 Å². The first-order valence-electron chi connectivity index (χ1n) is 7.00. The van der Waals surface area contributed by atoms with Crippen LogP contribution in [0.15, 0.2) is 18.2 Å². The first-order chi connectivity index (χ1) is 9.45. The van der Waals surface area contributed by atoms with E-state index in [1.165, 1.54) is 6.07 Å². The highest BCUT2D eigenvalue weighted by molar-refractivity contribution is 6.58. The van der Waals surface area contributed by atoms with E-state index >= 15 is 0 Å². The number of likely N-dealkylation sites (tertiary alicyclic amines) is 1. The average molecular weight is 280 g/mol. The molecular weight excluding hydrogens is 258 g/mol. The van der Waals surface area contributed by atoms with Crippen molar-refractivity contribution in [1.82, 2.24) is 9.80 Å². The van der Waals surface area contributed by atoms with E-state index in [2.05, 4.69) is 23.9 Å². The van der Waals surface area contributed by atoms with Crippen molar-refractivity contribution < 1.29 is 14.4 Å². The highest BCUT2D eigenvalue weighted by Crippen LogP contribution is 2.16. The Kier molecular flexibility index (Phi) is 5.15. The molecule has 110 valence electrons. The van der Waals surface area contributed by atoms with E-state index < -0.39 is 12.9 Å². The monoisotopic (exact) mass is 280 g/mol. The van der Waals surface area contributed by atoms with Crippen LogP contribution in [0.3, 0.4) is 0 Å². The topological polar surface area (TPSA) is 46.9 Å². The van der Waals surface area contributed by atoms with Crippen LogP contribution in [0.1, 0.15) is 18.4 Å². The minimum atomic E-state index is -1.62. The van der Waals surface area contributed by atoms with Gasteiger partial charge in [-0.2, -0.15) is 0 Å². The minimum Gasteiger partial charge on any atom is -0.423 e. The van der Waals surface area contributed by atoms with Crippen LogP contribution in [0.5, 0.6) is 0 Å². The summed E-state index contributed by atoms with van der Waals surface area (Å²) in [7, 11) is 2.58. The molecule has 6 heteroatoms. The van der Waals surface area contributed by atoms with Gasteiger partial charge in [-0.3, -0.25) is 4.90 Å². The molecule has 0 saturated carbocycles. The molecule has 0 unspecified atom stereocenters. The second-order valence-electron chi connectivity index (χ2n) is 5.74. The van der Waals surface area contributed by atoms with Gasteiger partial charge in [0.2, 0.25) is 0 Å². The zero-order valence-corrected chi connectivity index (χ0v) is 12.1. The standard InChI is InChI=1S/C14H22BFN2O2/c1-17(2)14-3-5-18(6-4-14)10-11-7-12(15(19)20)9-13(16)8-11/h7-9,14,19-20H,3-6,10H2,1-2H3. The third kappa shape index (κ3) is 4.02. The van der Waals surface area contributed by atoms with Crippen LogP contribution in [0.25, 0.3) is 0 Å². The molecule has 1 aliphatic rings. The maximum absolute atomic E-state index is 13.5. The molecule has 0 radical (unpaired) electrons. The fourth-order valence-electron chi connectivity index (χ4n) is 2.77. The van der Waals surface area contributed by atoms with Crippen molar-refractivity contribution in [2.24, 2.45) is 0 Å². The van der Waals surface area contributed by atoms with Gasteiger partial charge in [-0.25, -0.2) is 4.39 Å². The van der Waals surface area contributed by atoms with Crippen LogP contribution in [-0.2, 0) is 6.54 Å². The van der Waals surface area contributed by atoms with E-state index in [1.54, 1.807) is 6.07 Å². The van der Waals surface area contributed by atoms with Crippen LogP contribution in [0.2, 0.25) is 0 Å². The van der Waals surface area contributed by atoms with Crippen molar-refractivity contribution in [2.75, 3.05) is 27.2 Å². The number of piperidine rings is 1. The summed E-state index contributed by atoms with van der Waals surface area (Å²) in [5.74, 6) is -0.422. The SMILES string of the molecule is CN(C)C1CCN(Cc2cc(F)cc(B(O)O)c2)CC1. The smallest absolute Gasteiger partial charge is 0.423 e. The Hall–Kier alpha value is -0.945. The third-order valence-electron chi connectivity index (χ3n) is 3.97. The summed E-state index contributed by atoms with van der Waals surface area (Å²) in [6.45, 7) is 2.62. The van der Waals surface area contributed by atoms with Crippen LogP contribution < -0.4 is 5.46 Å². The fourth-order valence-corrected chi connectivity index (χ4v) is 2.77. The first kappa shape index (κ1) is 15.4.